The molecule has 1 saturated carbocycles. The topological polar surface area (TPSA) is 79.4 Å². The summed E-state index contributed by atoms with van der Waals surface area (Å²) in [5, 5.41) is 9.87. The van der Waals surface area contributed by atoms with Gasteiger partial charge in [0.2, 0.25) is 0 Å². The molecule has 6 rings (SSSR count). The van der Waals surface area contributed by atoms with Gasteiger partial charge in [0.1, 0.15) is 29.3 Å². The average Bonchev–Trinajstić information content (AvgIpc) is 3.52. The summed E-state index contributed by atoms with van der Waals surface area (Å²) in [5.74, 6) is 1.10. The van der Waals surface area contributed by atoms with Crippen molar-refractivity contribution in [3.63, 3.8) is 0 Å². The van der Waals surface area contributed by atoms with Gasteiger partial charge in [-0.2, -0.15) is 5.26 Å². The summed E-state index contributed by atoms with van der Waals surface area (Å²) in [6.45, 7) is 0.598. The molecule has 1 aliphatic heterocycles. The molecule has 2 fully saturated rings. The van der Waals surface area contributed by atoms with Gasteiger partial charge in [0.05, 0.1) is 18.2 Å². The summed E-state index contributed by atoms with van der Waals surface area (Å²) in [4.78, 5) is 18.7. The first-order chi connectivity index (χ1) is 19.1. The predicted octanol–water partition coefficient (Wildman–Crippen LogP) is 7.32. The first-order valence-corrected chi connectivity index (χ1v) is 13.7. The van der Waals surface area contributed by atoms with E-state index in [0.29, 0.717) is 46.7 Å². The van der Waals surface area contributed by atoms with Crippen LogP contribution in [0.15, 0.2) is 65.2 Å². The number of hydrogen-bond donors (Lipinski definition) is 0. The molecule has 39 heavy (non-hydrogen) atoms. The monoisotopic (exact) mass is 523 g/mol. The van der Waals surface area contributed by atoms with E-state index in [4.69, 9.17) is 9.15 Å². The molecular weight excluding hydrogens is 493 g/mol. The lowest BCUT2D eigenvalue weighted by atomic mass is 10.0. The van der Waals surface area contributed by atoms with Gasteiger partial charge in [0, 0.05) is 35.5 Å². The van der Waals surface area contributed by atoms with Crippen molar-refractivity contribution in [3.8, 4) is 34.3 Å². The molecule has 6 nitrogen and oxygen atoms in total. The third-order valence-electron chi connectivity index (χ3n) is 7.75. The number of fused-ring (bicyclic) bond motifs is 1. The van der Waals surface area contributed by atoms with Crippen LogP contribution < -0.4 is 4.74 Å². The van der Waals surface area contributed by atoms with Gasteiger partial charge >= 0.3 is 0 Å². The number of alkyl halides is 1. The van der Waals surface area contributed by atoms with Crippen molar-refractivity contribution in [2.45, 2.75) is 57.2 Å². The van der Waals surface area contributed by atoms with Crippen molar-refractivity contribution >= 4 is 17.0 Å². The van der Waals surface area contributed by atoms with E-state index in [2.05, 4.69) is 11.1 Å². The van der Waals surface area contributed by atoms with Gasteiger partial charge in [0.15, 0.2) is 5.58 Å². The number of amides is 1. The lowest BCUT2D eigenvalue weighted by molar-refractivity contribution is 0.0783. The lowest BCUT2D eigenvalue weighted by Gasteiger charge is -2.18. The van der Waals surface area contributed by atoms with Gasteiger partial charge in [-0.1, -0.05) is 31.0 Å². The van der Waals surface area contributed by atoms with Gasteiger partial charge in [0.25, 0.3) is 5.91 Å². The number of aromatic nitrogens is 1. The van der Waals surface area contributed by atoms with E-state index >= 15 is 0 Å². The highest BCUT2D eigenvalue weighted by molar-refractivity contribution is 5.95. The van der Waals surface area contributed by atoms with Crippen molar-refractivity contribution < 1.29 is 18.3 Å². The number of pyridine rings is 1. The molecule has 3 heterocycles. The van der Waals surface area contributed by atoms with Crippen molar-refractivity contribution in [1.82, 2.24) is 9.88 Å². The van der Waals surface area contributed by atoms with E-state index < -0.39 is 6.17 Å². The Labute approximate surface area is 227 Å². The van der Waals surface area contributed by atoms with Crippen molar-refractivity contribution in [2.24, 2.45) is 0 Å². The minimum absolute atomic E-state index is 0.153. The fourth-order valence-corrected chi connectivity index (χ4v) is 5.60. The van der Waals surface area contributed by atoms with Gasteiger partial charge in [-0.15, -0.1) is 0 Å². The molecule has 0 unspecified atom stereocenters. The number of rotatable bonds is 5. The van der Waals surface area contributed by atoms with Crippen molar-refractivity contribution in [2.75, 3.05) is 13.1 Å². The minimum atomic E-state index is -0.945. The van der Waals surface area contributed by atoms with E-state index in [1.54, 1.807) is 23.2 Å². The zero-order chi connectivity index (χ0) is 26.8. The van der Waals surface area contributed by atoms with Crippen LogP contribution in [0.2, 0.25) is 0 Å². The lowest BCUT2D eigenvalue weighted by Crippen LogP contribution is -2.28. The third kappa shape index (κ3) is 5.24. The summed E-state index contributed by atoms with van der Waals surface area (Å²) >= 11 is 0. The van der Waals surface area contributed by atoms with Gasteiger partial charge < -0.3 is 14.1 Å². The van der Waals surface area contributed by atoms with E-state index in [9.17, 15) is 14.4 Å². The first-order valence-electron chi connectivity index (χ1n) is 13.7. The van der Waals surface area contributed by atoms with Crippen LogP contribution >= 0.6 is 0 Å². The van der Waals surface area contributed by atoms with Crippen LogP contribution in [0.5, 0.6) is 5.75 Å². The second kappa shape index (κ2) is 10.9. The maximum Gasteiger partial charge on any atom is 0.253 e. The molecule has 1 amide bonds. The maximum absolute atomic E-state index is 13.5. The molecule has 0 radical (unpaired) electrons. The number of carbonyl (C=O) groups excluding carboxylic acids is 1. The van der Waals surface area contributed by atoms with Gasteiger partial charge in [-0.3, -0.25) is 9.78 Å². The summed E-state index contributed by atoms with van der Waals surface area (Å²) in [7, 11) is 0. The molecule has 7 heteroatoms. The largest absolute Gasteiger partial charge is 0.489 e. The smallest absolute Gasteiger partial charge is 0.253 e. The van der Waals surface area contributed by atoms with E-state index in [0.717, 1.165) is 42.4 Å². The van der Waals surface area contributed by atoms with Crippen molar-refractivity contribution in [3.05, 3.63) is 71.9 Å². The predicted molar refractivity (Wildman–Crippen MR) is 147 cm³/mol. The molecule has 2 aromatic carbocycles. The number of ether oxygens (including phenoxy) is 1. The van der Waals surface area contributed by atoms with Gasteiger partial charge in [-0.05, 0) is 68.0 Å². The SMILES string of the molecule is N#Cc1cc(-c2ccnc3cc(-c4ccc(C(=O)N5CC[C@H](F)C5)cc4)oc23)ccc1OC1CCCCCC1. The number of hydrogen-bond acceptors (Lipinski definition) is 5. The fraction of sp³-hybridized carbons (Fsp3) is 0.344. The number of benzene rings is 2. The van der Waals surface area contributed by atoms with Crippen LogP contribution in [0.4, 0.5) is 4.39 Å². The molecular formula is C32H30FN3O3. The van der Waals surface area contributed by atoms with E-state index in [1.165, 1.54) is 12.8 Å². The summed E-state index contributed by atoms with van der Waals surface area (Å²) in [5.41, 5.74) is 4.86. The normalized spacial score (nSPS) is 18.2. The van der Waals surface area contributed by atoms with E-state index in [1.807, 2.05) is 42.5 Å². The number of carbonyl (C=O) groups is 1. The molecule has 0 bridgehead atoms. The van der Waals surface area contributed by atoms with E-state index in [-0.39, 0.29) is 18.6 Å². The molecule has 2 aliphatic rings. The van der Waals surface area contributed by atoms with Crippen LogP contribution in [-0.2, 0) is 0 Å². The Hall–Kier alpha value is -4.18. The van der Waals surface area contributed by atoms with Crippen LogP contribution in [0.25, 0.3) is 33.6 Å². The third-order valence-corrected chi connectivity index (χ3v) is 7.75. The molecule has 1 aliphatic carbocycles. The average molecular weight is 524 g/mol. The fourth-order valence-electron chi connectivity index (χ4n) is 5.60. The molecule has 1 saturated heterocycles. The Bertz CT molecular complexity index is 1530. The Morgan fingerprint density at radius 2 is 1.77 bits per heavy atom. The Kier molecular flexibility index (Phi) is 7.02. The van der Waals surface area contributed by atoms with Gasteiger partial charge in [-0.25, -0.2) is 4.39 Å². The standard InChI is InChI=1S/C32H30FN3O3/c33-25-14-16-36(20-25)32(37)22-9-7-21(8-10-22)30-18-28-31(39-30)27(13-15-35-28)23-11-12-29(24(17-23)19-34)38-26-5-3-1-2-4-6-26/h7-13,15,17-18,25-26H,1-6,14,16,20H2/t25-/m0/s1. The molecule has 4 aromatic rings. The highest BCUT2D eigenvalue weighted by Gasteiger charge is 2.26. The summed E-state index contributed by atoms with van der Waals surface area (Å²) < 4.78 is 26.1. The van der Waals surface area contributed by atoms with Crippen LogP contribution in [0.1, 0.15) is 60.9 Å². The second-order valence-corrected chi connectivity index (χ2v) is 10.5. The molecule has 198 valence electrons. The zero-order valence-electron chi connectivity index (χ0n) is 21.7. The molecule has 0 N–H and O–H groups in total. The van der Waals surface area contributed by atoms with Crippen molar-refractivity contribution in [1.29, 1.82) is 5.26 Å². The number of nitrogens with zero attached hydrogens (tertiary/aromatic N) is 3. The van der Waals surface area contributed by atoms with Crippen LogP contribution in [0, 0.1) is 11.3 Å². The van der Waals surface area contributed by atoms with Crippen LogP contribution in [-0.4, -0.2) is 41.2 Å². The first kappa shape index (κ1) is 25.1. The zero-order valence-corrected chi connectivity index (χ0v) is 21.7. The Morgan fingerprint density at radius 3 is 2.49 bits per heavy atom. The summed E-state index contributed by atoms with van der Waals surface area (Å²) in [6, 6.07) is 18.9. The number of nitriles is 1. The molecule has 2 aromatic heterocycles. The number of halogens is 1. The highest BCUT2D eigenvalue weighted by Crippen LogP contribution is 2.36. The Balaban J connectivity index is 1.26. The Morgan fingerprint density at radius 1 is 1.00 bits per heavy atom. The number of likely N-dealkylation sites (tertiary alicyclic amines) is 1. The highest BCUT2D eigenvalue weighted by atomic mass is 19.1. The summed E-state index contributed by atoms with van der Waals surface area (Å²) in [6.07, 6.45) is 8.21. The number of furan rings is 1. The second-order valence-electron chi connectivity index (χ2n) is 10.5. The van der Waals surface area contributed by atoms with Crippen LogP contribution in [0.3, 0.4) is 0 Å². The molecule has 1 atom stereocenters. The molecule has 0 spiro atoms. The minimum Gasteiger partial charge on any atom is -0.489 e. The maximum atomic E-state index is 13.5. The quantitative estimate of drug-likeness (QED) is 0.256.